The molecule has 0 radical (unpaired) electrons. The number of amides is 1. The van der Waals surface area contributed by atoms with Crippen molar-refractivity contribution in [2.45, 2.75) is 31.6 Å². The van der Waals surface area contributed by atoms with Gasteiger partial charge in [-0.1, -0.05) is 12.1 Å². The highest BCUT2D eigenvalue weighted by Crippen LogP contribution is 2.24. The van der Waals surface area contributed by atoms with Crippen LogP contribution in [0.4, 0.5) is 0 Å². The summed E-state index contributed by atoms with van der Waals surface area (Å²) in [7, 11) is 0. The molecule has 1 heterocycles. The fourth-order valence-corrected chi connectivity index (χ4v) is 2.68. The average Bonchev–Trinajstić information content (AvgIpc) is 2.21. The summed E-state index contributed by atoms with van der Waals surface area (Å²) in [5.74, 6) is 0.857. The first-order valence-corrected chi connectivity index (χ1v) is 5.98. The molecule has 5 nitrogen and oxygen atoms in total. The van der Waals surface area contributed by atoms with Crippen LogP contribution >= 0.6 is 11.8 Å². The van der Waals surface area contributed by atoms with E-state index in [4.69, 9.17) is 10.9 Å². The van der Waals surface area contributed by atoms with Crippen LogP contribution in [0.15, 0.2) is 5.16 Å². The van der Waals surface area contributed by atoms with Gasteiger partial charge in [-0.05, 0) is 6.92 Å². The van der Waals surface area contributed by atoms with E-state index < -0.39 is 0 Å². The SMILES string of the molecule is CC1SCCN(C(=O)CC(N)=NO)C1C. The summed E-state index contributed by atoms with van der Waals surface area (Å²) >= 11 is 1.87. The number of hydrogen-bond donors (Lipinski definition) is 2. The molecule has 86 valence electrons. The summed E-state index contributed by atoms with van der Waals surface area (Å²) in [5, 5.41) is 11.6. The summed E-state index contributed by atoms with van der Waals surface area (Å²) in [6.45, 7) is 4.88. The molecule has 6 heteroatoms. The van der Waals surface area contributed by atoms with Gasteiger partial charge in [0.1, 0.15) is 5.84 Å². The van der Waals surface area contributed by atoms with Gasteiger partial charge in [0.05, 0.1) is 6.42 Å². The third-order valence-electron chi connectivity index (χ3n) is 2.67. The van der Waals surface area contributed by atoms with Gasteiger partial charge in [0.15, 0.2) is 0 Å². The van der Waals surface area contributed by atoms with Crippen LogP contribution in [-0.2, 0) is 4.79 Å². The standard InChI is InChI=1S/C9H17N3O2S/c1-6-7(2)15-4-3-12(6)9(13)5-8(10)11-14/h6-7,14H,3-5H2,1-2H3,(H2,10,11). The zero-order valence-electron chi connectivity index (χ0n) is 9.01. The Morgan fingerprint density at radius 3 is 2.93 bits per heavy atom. The molecule has 1 fully saturated rings. The van der Waals surface area contributed by atoms with Crippen molar-refractivity contribution >= 4 is 23.5 Å². The lowest BCUT2D eigenvalue weighted by Gasteiger charge is -2.37. The minimum Gasteiger partial charge on any atom is -0.409 e. The quantitative estimate of drug-likeness (QED) is 0.313. The predicted molar refractivity (Wildman–Crippen MR) is 61.1 cm³/mol. The van der Waals surface area contributed by atoms with E-state index in [1.807, 2.05) is 18.7 Å². The summed E-state index contributed by atoms with van der Waals surface area (Å²) < 4.78 is 0. The lowest BCUT2D eigenvalue weighted by Crippen LogP contribution is -2.48. The summed E-state index contributed by atoms with van der Waals surface area (Å²) in [6.07, 6.45) is -0.00176. The van der Waals surface area contributed by atoms with Gasteiger partial charge in [-0.25, -0.2) is 0 Å². The molecule has 0 aromatic carbocycles. The maximum Gasteiger partial charge on any atom is 0.230 e. The Labute approximate surface area is 93.7 Å². The molecular formula is C9H17N3O2S. The molecule has 2 atom stereocenters. The normalized spacial score (nSPS) is 27.9. The molecule has 0 saturated carbocycles. The Morgan fingerprint density at radius 2 is 2.33 bits per heavy atom. The van der Waals surface area contributed by atoms with Crippen molar-refractivity contribution in [1.29, 1.82) is 0 Å². The maximum atomic E-state index is 11.8. The third kappa shape index (κ3) is 3.02. The number of carbonyl (C=O) groups excluding carboxylic acids is 1. The molecule has 1 amide bonds. The molecule has 0 aromatic heterocycles. The zero-order valence-corrected chi connectivity index (χ0v) is 9.83. The van der Waals surface area contributed by atoms with Crippen molar-refractivity contribution in [3.8, 4) is 0 Å². The van der Waals surface area contributed by atoms with Crippen LogP contribution in [-0.4, -0.2) is 45.4 Å². The zero-order chi connectivity index (χ0) is 11.4. The van der Waals surface area contributed by atoms with E-state index in [1.54, 1.807) is 4.90 Å². The highest BCUT2D eigenvalue weighted by Gasteiger charge is 2.28. The minimum atomic E-state index is -0.0649. The van der Waals surface area contributed by atoms with Crippen molar-refractivity contribution in [2.75, 3.05) is 12.3 Å². The molecule has 3 N–H and O–H groups in total. The highest BCUT2D eigenvalue weighted by molar-refractivity contribution is 8.00. The van der Waals surface area contributed by atoms with Crippen molar-refractivity contribution in [1.82, 2.24) is 4.90 Å². The second kappa shape index (κ2) is 5.25. The number of nitrogens with two attached hydrogens (primary N) is 1. The van der Waals surface area contributed by atoms with E-state index in [0.717, 1.165) is 12.3 Å². The maximum absolute atomic E-state index is 11.8. The predicted octanol–water partition coefficient (Wildman–Crippen LogP) is 0.475. The van der Waals surface area contributed by atoms with Gasteiger partial charge in [-0.2, -0.15) is 11.8 Å². The van der Waals surface area contributed by atoms with E-state index in [0.29, 0.717) is 5.25 Å². The molecule has 1 rings (SSSR count). The Bertz CT molecular complexity index is 270. The molecule has 1 aliphatic rings. The molecular weight excluding hydrogens is 214 g/mol. The molecule has 0 aliphatic carbocycles. The molecule has 1 saturated heterocycles. The summed E-state index contributed by atoms with van der Waals surface area (Å²) in [4.78, 5) is 13.6. The number of thioether (sulfide) groups is 1. The van der Waals surface area contributed by atoms with Gasteiger partial charge in [0.2, 0.25) is 5.91 Å². The van der Waals surface area contributed by atoms with Crippen LogP contribution in [0.3, 0.4) is 0 Å². The number of amidine groups is 1. The molecule has 0 aromatic rings. The Kier molecular flexibility index (Phi) is 4.26. The van der Waals surface area contributed by atoms with Gasteiger partial charge in [-0.3, -0.25) is 4.79 Å². The second-order valence-corrected chi connectivity index (χ2v) is 5.16. The van der Waals surface area contributed by atoms with Crippen molar-refractivity contribution in [2.24, 2.45) is 10.9 Å². The topological polar surface area (TPSA) is 78.9 Å². The smallest absolute Gasteiger partial charge is 0.230 e. The van der Waals surface area contributed by atoms with Crippen LogP contribution in [0.2, 0.25) is 0 Å². The fraction of sp³-hybridized carbons (Fsp3) is 0.778. The Hall–Kier alpha value is -0.910. The number of hydrogen-bond acceptors (Lipinski definition) is 4. The molecule has 1 aliphatic heterocycles. The van der Waals surface area contributed by atoms with Gasteiger partial charge >= 0.3 is 0 Å². The fourth-order valence-electron chi connectivity index (χ4n) is 1.58. The number of nitrogens with zero attached hydrogens (tertiary/aromatic N) is 2. The van der Waals surface area contributed by atoms with Crippen molar-refractivity contribution in [3.05, 3.63) is 0 Å². The highest BCUT2D eigenvalue weighted by atomic mass is 32.2. The van der Waals surface area contributed by atoms with Gasteiger partial charge < -0.3 is 15.8 Å². The van der Waals surface area contributed by atoms with Gasteiger partial charge in [-0.15, -0.1) is 0 Å². The molecule has 0 bridgehead atoms. The van der Waals surface area contributed by atoms with Crippen LogP contribution in [0, 0.1) is 0 Å². The lowest BCUT2D eigenvalue weighted by molar-refractivity contribution is -0.131. The third-order valence-corrected chi connectivity index (χ3v) is 4.00. The number of oxime groups is 1. The first-order valence-electron chi connectivity index (χ1n) is 4.93. The van der Waals surface area contributed by atoms with E-state index in [2.05, 4.69) is 12.1 Å². The molecule has 0 spiro atoms. The number of rotatable bonds is 2. The van der Waals surface area contributed by atoms with E-state index >= 15 is 0 Å². The first kappa shape index (κ1) is 12.2. The molecule has 2 unspecified atom stereocenters. The summed E-state index contributed by atoms with van der Waals surface area (Å²) in [6, 6.07) is 0.211. The van der Waals surface area contributed by atoms with E-state index in [1.165, 1.54) is 0 Å². The summed E-state index contributed by atoms with van der Waals surface area (Å²) in [5.41, 5.74) is 5.31. The monoisotopic (exact) mass is 231 g/mol. The number of carbonyl (C=O) groups is 1. The Balaban J connectivity index is 2.58. The minimum absolute atomic E-state index is 0.00176. The van der Waals surface area contributed by atoms with E-state index in [9.17, 15) is 4.79 Å². The lowest BCUT2D eigenvalue weighted by atomic mass is 10.2. The first-order chi connectivity index (χ1) is 7.06. The van der Waals surface area contributed by atoms with Gasteiger partial charge in [0, 0.05) is 23.6 Å². The Morgan fingerprint density at radius 1 is 1.67 bits per heavy atom. The van der Waals surface area contributed by atoms with Crippen molar-refractivity contribution in [3.63, 3.8) is 0 Å². The second-order valence-electron chi connectivity index (χ2n) is 3.67. The van der Waals surface area contributed by atoms with Crippen LogP contribution in [0.5, 0.6) is 0 Å². The average molecular weight is 231 g/mol. The van der Waals surface area contributed by atoms with Crippen LogP contribution in [0.25, 0.3) is 0 Å². The van der Waals surface area contributed by atoms with Crippen molar-refractivity contribution < 1.29 is 10.0 Å². The van der Waals surface area contributed by atoms with Crippen LogP contribution < -0.4 is 5.73 Å². The molecule has 15 heavy (non-hydrogen) atoms. The largest absolute Gasteiger partial charge is 0.409 e. The van der Waals surface area contributed by atoms with Gasteiger partial charge in [0.25, 0.3) is 0 Å². The van der Waals surface area contributed by atoms with Crippen LogP contribution in [0.1, 0.15) is 20.3 Å². The van der Waals surface area contributed by atoms with E-state index in [-0.39, 0.29) is 24.2 Å².